The molecule has 3 N–H and O–H groups in total. The summed E-state index contributed by atoms with van der Waals surface area (Å²) in [5, 5.41) is 3.37. The lowest BCUT2D eigenvalue weighted by atomic mass is 9.97. The number of benzene rings is 2. The SMILES string of the molecule is CC(C)c1ccccc1-c1ncc2c(n1)N(Cc1ccc(N)cc1)CN2. The summed E-state index contributed by atoms with van der Waals surface area (Å²) in [6.07, 6.45) is 1.89. The number of aromatic nitrogens is 2. The molecule has 0 unspecified atom stereocenters. The molecule has 2 heterocycles. The molecule has 0 radical (unpaired) electrons. The Hall–Kier alpha value is -3.08. The van der Waals surface area contributed by atoms with Gasteiger partial charge in [-0.15, -0.1) is 0 Å². The number of hydrogen-bond acceptors (Lipinski definition) is 5. The van der Waals surface area contributed by atoms with Gasteiger partial charge in [0.25, 0.3) is 0 Å². The molecule has 1 aliphatic heterocycles. The van der Waals surface area contributed by atoms with Gasteiger partial charge >= 0.3 is 0 Å². The predicted octanol–water partition coefficient (Wildman–Crippen LogP) is 4.24. The molecule has 0 spiro atoms. The van der Waals surface area contributed by atoms with E-state index in [9.17, 15) is 0 Å². The molecule has 0 saturated carbocycles. The number of fused-ring (bicyclic) bond motifs is 1. The number of anilines is 3. The molecule has 0 bridgehead atoms. The number of nitrogen functional groups attached to an aromatic ring is 1. The van der Waals surface area contributed by atoms with Gasteiger partial charge in [0.1, 0.15) is 0 Å². The summed E-state index contributed by atoms with van der Waals surface area (Å²) in [6.45, 7) is 5.90. The van der Waals surface area contributed by atoms with Crippen molar-refractivity contribution in [1.82, 2.24) is 9.97 Å². The molecule has 5 heteroatoms. The zero-order chi connectivity index (χ0) is 18.1. The van der Waals surface area contributed by atoms with E-state index >= 15 is 0 Å². The lowest BCUT2D eigenvalue weighted by molar-refractivity contribution is 0.852. The highest BCUT2D eigenvalue weighted by Gasteiger charge is 2.22. The summed E-state index contributed by atoms with van der Waals surface area (Å²) in [5.74, 6) is 2.15. The maximum absolute atomic E-state index is 5.79. The van der Waals surface area contributed by atoms with Crippen molar-refractivity contribution >= 4 is 17.2 Å². The second-order valence-corrected chi connectivity index (χ2v) is 6.95. The minimum absolute atomic E-state index is 0.423. The van der Waals surface area contributed by atoms with Gasteiger partial charge in [0.15, 0.2) is 11.6 Å². The molecule has 0 saturated heterocycles. The van der Waals surface area contributed by atoms with Crippen LogP contribution >= 0.6 is 0 Å². The van der Waals surface area contributed by atoms with E-state index in [1.807, 2.05) is 24.4 Å². The van der Waals surface area contributed by atoms with Crippen molar-refractivity contribution in [2.75, 3.05) is 22.6 Å². The van der Waals surface area contributed by atoms with Crippen molar-refractivity contribution in [3.8, 4) is 11.4 Å². The number of rotatable bonds is 4. The first-order chi connectivity index (χ1) is 12.6. The van der Waals surface area contributed by atoms with Gasteiger partial charge in [-0.2, -0.15) is 0 Å². The summed E-state index contributed by atoms with van der Waals surface area (Å²) >= 11 is 0. The molecule has 4 rings (SSSR count). The molecule has 1 aromatic heterocycles. The van der Waals surface area contributed by atoms with E-state index in [1.165, 1.54) is 11.1 Å². The topological polar surface area (TPSA) is 67.1 Å². The Morgan fingerprint density at radius 1 is 1.12 bits per heavy atom. The summed E-state index contributed by atoms with van der Waals surface area (Å²) < 4.78 is 0. The predicted molar refractivity (Wildman–Crippen MR) is 107 cm³/mol. The first-order valence-electron chi connectivity index (χ1n) is 8.91. The van der Waals surface area contributed by atoms with Gasteiger partial charge in [-0.05, 0) is 29.2 Å². The van der Waals surface area contributed by atoms with Crippen molar-refractivity contribution in [3.63, 3.8) is 0 Å². The highest BCUT2D eigenvalue weighted by Crippen LogP contribution is 2.33. The molecular formula is C21H23N5. The largest absolute Gasteiger partial charge is 0.399 e. The van der Waals surface area contributed by atoms with Crippen LogP contribution in [-0.4, -0.2) is 16.6 Å². The Morgan fingerprint density at radius 3 is 2.65 bits per heavy atom. The molecule has 0 amide bonds. The van der Waals surface area contributed by atoms with Crippen molar-refractivity contribution in [1.29, 1.82) is 0 Å². The number of hydrogen-bond donors (Lipinski definition) is 2. The second-order valence-electron chi connectivity index (χ2n) is 6.95. The van der Waals surface area contributed by atoms with Gasteiger partial charge in [0.05, 0.1) is 18.6 Å². The average molecular weight is 345 g/mol. The second kappa shape index (κ2) is 6.67. The smallest absolute Gasteiger partial charge is 0.161 e. The maximum Gasteiger partial charge on any atom is 0.161 e. The fourth-order valence-electron chi connectivity index (χ4n) is 3.30. The zero-order valence-corrected chi connectivity index (χ0v) is 15.1. The van der Waals surface area contributed by atoms with E-state index in [2.05, 4.69) is 59.4 Å². The summed E-state index contributed by atoms with van der Waals surface area (Å²) in [4.78, 5) is 11.7. The Balaban J connectivity index is 1.67. The molecule has 2 aromatic carbocycles. The lowest BCUT2D eigenvalue weighted by Crippen LogP contribution is -2.22. The van der Waals surface area contributed by atoms with Gasteiger partial charge in [0, 0.05) is 17.8 Å². The molecule has 0 aliphatic carbocycles. The van der Waals surface area contributed by atoms with E-state index in [1.54, 1.807) is 0 Å². The highest BCUT2D eigenvalue weighted by molar-refractivity contribution is 5.73. The van der Waals surface area contributed by atoms with Crippen LogP contribution in [0.25, 0.3) is 11.4 Å². The standard InChI is InChI=1S/C21H23N5/c1-14(2)17-5-3-4-6-18(17)20-23-11-19-21(25-20)26(13-24-19)12-15-7-9-16(22)10-8-15/h3-11,14,24H,12-13,22H2,1-2H3. The van der Waals surface area contributed by atoms with Crippen molar-refractivity contribution in [2.24, 2.45) is 0 Å². The molecule has 132 valence electrons. The van der Waals surface area contributed by atoms with Crippen LogP contribution in [0.15, 0.2) is 54.7 Å². The minimum Gasteiger partial charge on any atom is -0.399 e. The van der Waals surface area contributed by atoms with Crippen LogP contribution < -0.4 is 16.0 Å². The zero-order valence-electron chi connectivity index (χ0n) is 15.1. The first-order valence-corrected chi connectivity index (χ1v) is 8.91. The molecule has 26 heavy (non-hydrogen) atoms. The van der Waals surface area contributed by atoms with E-state index in [0.29, 0.717) is 5.92 Å². The van der Waals surface area contributed by atoms with E-state index < -0.39 is 0 Å². The molecular weight excluding hydrogens is 322 g/mol. The normalized spacial score (nSPS) is 13.0. The summed E-state index contributed by atoms with van der Waals surface area (Å²) in [5.41, 5.74) is 11.1. The van der Waals surface area contributed by atoms with E-state index in [4.69, 9.17) is 10.7 Å². The number of nitrogens with zero attached hydrogens (tertiary/aromatic N) is 3. The Bertz CT molecular complexity index is 918. The van der Waals surface area contributed by atoms with Crippen LogP contribution in [0.4, 0.5) is 17.2 Å². The summed E-state index contributed by atoms with van der Waals surface area (Å²) in [7, 11) is 0. The first kappa shape index (κ1) is 16.4. The van der Waals surface area contributed by atoms with Crippen LogP contribution in [0.3, 0.4) is 0 Å². The third kappa shape index (κ3) is 3.08. The fraction of sp³-hybridized carbons (Fsp3) is 0.238. The van der Waals surface area contributed by atoms with Crippen LogP contribution in [0.2, 0.25) is 0 Å². The van der Waals surface area contributed by atoms with Crippen molar-refractivity contribution in [3.05, 3.63) is 65.9 Å². The highest BCUT2D eigenvalue weighted by atomic mass is 15.3. The Kier molecular flexibility index (Phi) is 4.21. The van der Waals surface area contributed by atoms with E-state index in [-0.39, 0.29) is 0 Å². The Morgan fingerprint density at radius 2 is 1.88 bits per heavy atom. The Labute approximate surface area is 153 Å². The molecule has 1 aliphatic rings. The van der Waals surface area contributed by atoms with Crippen molar-refractivity contribution in [2.45, 2.75) is 26.3 Å². The molecule has 5 nitrogen and oxygen atoms in total. The van der Waals surface area contributed by atoms with Gasteiger partial charge in [-0.1, -0.05) is 50.2 Å². The lowest BCUT2D eigenvalue weighted by Gasteiger charge is -2.18. The molecule has 0 fully saturated rings. The molecule has 3 aromatic rings. The molecule has 0 atom stereocenters. The third-order valence-corrected chi connectivity index (χ3v) is 4.71. The van der Waals surface area contributed by atoms with Crippen LogP contribution in [0, 0.1) is 0 Å². The minimum atomic E-state index is 0.423. The number of nitrogens with one attached hydrogen (secondary N) is 1. The third-order valence-electron chi connectivity index (χ3n) is 4.71. The van der Waals surface area contributed by atoms with Crippen LogP contribution in [0.1, 0.15) is 30.9 Å². The van der Waals surface area contributed by atoms with Crippen LogP contribution in [0.5, 0.6) is 0 Å². The van der Waals surface area contributed by atoms with Gasteiger partial charge in [-0.3, -0.25) is 0 Å². The average Bonchev–Trinajstić information content (AvgIpc) is 3.05. The maximum atomic E-state index is 5.79. The van der Waals surface area contributed by atoms with E-state index in [0.717, 1.165) is 41.8 Å². The van der Waals surface area contributed by atoms with Gasteiger partial charge in [0.2, 0.25) is 0 Å². The van der Waals surface area contributed by atoms with Crippen molar-refractivity contribution < 1.29 is 0 Å². The number of nitrogens with two attached hydrogens (primary N) is 1. The van der Waals surface area contributed by atoms with Gasteiger partial charge in [-0.25, -0.2) is 9.97 Å². The summed E-state index contributed by atoms with van der Waals surface area (Å²) in [6, 6.07) is 16.4. The monoisotopic (exact) mass is 345 g/mol. The van der Waals surface area contributed by atoms with Crippen LogP contribution in [-0.2, 0) is 6.54 Å². The fourth-order valence-corrected chi connectivity index (χ4v) is 3.30. The quantitative estimate of drug-likeness (QED) is 0.692. The van der Waals surface area contributed by atoms with Gasteiger partial charge < -0.3 is 16.0 Å².